The number of nitrogens with one attached hydrogen (secondary N) is 1. The molecule has 0 saturated carbocycles. The lowest BCUT2D eigenvalue weighted by Gasteiger charge is -2.32. The molecule has 0 spiro atoms. The fourth-order valence-electron chi connectivity index (χ4n) is 3.30. The lowest BCUT2D eigenvalue weighted by Crippen LogP contribution is -2.44. The SMILES string of the molecule is CCOC(CCCNC(=O)N1CCC(c2ccccc2)CC1)OCC. The normalized spacial score (nSPS) is 15.6. The van der Waals surface area contributed by atoms with E-state index >= 15 is 0 Å². The van der Waals surface area contributed by atoms with E-state index in [0.717, 1.165) is 38.8 Å². The number of hydrogen-bond donors (Lipinski definition) is 1. The van der Waals surface area contributed by atoms with Gasteiger partial charge in [-0.25, -0.2) is 4.79 Å². The standard InChI is InChI=1S/C20H32N2O3/c1-3-24-19(25-4-2)11-8-14-21-20(23)22-15-12-18(13-16-22)17-9-6-5-7-10-17/h5-7,9-10,18-19H,3-4,8,11-16H2,1-2H3,(H,21,23). The maximum Gasteiger partial charge on any atom is 0.317 e. The molecule has 140 valence electrons. The second-order valence-electron chi connectivity index (χ2n) is 6.39. The van der Waals surface area contributed by atoms with Gasteiger partial charge in [0.2, 0.25) is 0 Å². The van der Waals surface area contributed by atoms with Crippen LogP contribution in [0, 0.1) is 0 Å². The Morgan fingerprint density at radius 2 is 1.80 bits per heavy atom. The van der Waals surface area contributed by atoms with Crippen LogP contribution in [0.15, 0.2) is 30.3 Å². The summed E-state index contributed by atoms with van der Waals surface area (Å²) >= 11 is 0. The van der Waals surface area contributed by atoms with Crippen LogP contribution in [-0.2, 0) is 9.47 Å². The number of urea groups is 1. The van der Waals surface area contributed by atoms with E-state index in [-0.39, 0.29) is 12.3 Å². The van der Waals surface area contributed by atoms with Gasteiger partial charge in [-0.2, -0.15) is 0 Å². The van der Waals surface area contributed by atoms with Crippen LogP contribution in [0.2, 0.25) is 0 Å². The van der Waals surface area contributed by atoms with E-state index in [2.05, 4.69) is 29.6 Å². The number of ether oxygens (including phenoxy) is 2. The van der Waals surface area contributed by atoms with E-state index in [1.807, 2.05) is 24.8 Å². The molecule has 1 saturated heterocycles. The van der Waals surface area contributed by atoms with Crippen LogP contribution >= 0.6 is 0 Å². The molecule has 0 aliphatic carbocycles. The van der Waals surface area contributed by atoms with Gasteiger partial charge in [0.25, 0.3) is 0 Å². The maximum atomic E-state index is 12.3. The highest BCUT2D eigenvalue weighted by Crippen LogP contribution is 2.27. The Hall–Kier alpha value is -1.59. The summed E-state index contributed by atoms with van der Waals surface area (Å²) in [5.74, 6) is 0.573. The molecular weight excluding hydrogens is 316 g/mol. The molecule has 0 atom stereocenters. The third-order valence-corrected chi connectivity index (χ3v) is 4.65. The van der Waals surface area contributed by atoms with Gasteiger partial charge < -0.3 is 19.7 Å². The first-order valence-corrected chi connectivity index (χ1v) is 9.55. The molecule has 1 heterocycles. The smallest absolute Gasteiger partial charge is 0.317 e. The molecule has 0 bridgehead atoms. The van der Waals surface area contributed by atoms with Crippen molar-refractivity contribution in [3.8, 4) is 0 Å². The summed E-state index contributed by atoms with van der Waals surface area (Å²) < 4.78 is 11.0. The van der Waals surface area contributed by atoms with Gasteiger partial charge in [0.1, 0.15) is 0 Å². The second-order valence-corrected chi connectivity index (χ2v) is 6.39. The zero-order valence-electron chi connectivity index (χ0n) is 15.6. The number of likely N-dealkylation sites (tertiary alicyclic amines) is 1. The molecule has 1 aliphatic heterocycles. The Morgan fingerprint density at radius 3 is 2.40 bits per heavy atom. The molecule has 0 radical (unpaired) electrons. The maximum absolute atomic E-state index is 12.3. The lowest BCUT2D eigenvalue weighted by molar-refractivity contribution is -0.139. The Balaban J connectivity index is 1.64. The molecular formula is C20H32N2O3. The van der Waals surface area contributed by atoms with Crippen molar-refractivity contribution in [2.45, 2.75) is 51.7 Å². The first kappa shape index (κ1) is 19.7. The number of carbonyl (C=O) groups excluding carboxylic acids is 1. The van der Waals surface area contributed by atoms with Crippen LogP contribution in [0.5, 0.6) is 0 Å². The topological polar surface area (TPSA) is 50.8 Å². The molecule has 0 unspecified atom stereocenters. The number of hydrogen-bond acceptors (Lipinski definition) is 3. The zero-order chi connectivity index (χ0) is 17.9. The van der Waals surface area contributed by atoms with Crippen molar-refractivity contribution in [2.24, 2.45) is 0 Å². The molecule has 5 heteroatoms. The molecule has 1 N–H and O–H groups in total. The molecule has 1 fully saturated rings. The van der Waals surface area contributed by atoms with Gasteiger partial charge in [0, 0.05) is 39.3 Å². The predicted molar refractivity (Wildman–Crippen MR) is 99.7 cm³/mol. The third-order valence-electron chi connectivity index (χ3n) is 4.65. The highest BCUT2D eigenvalue weighted by atomic mass is 16.7. The summed E-state index contributed by atoms with van der Waals surface area (Å²) in [6.45, 7) is 7.53. The van der Waals surface area contributed by atoms with Crippen molar-refractivity contribution < 1.29 is 14.3 Å². The average molecular weight is 348 g/mol. The van der Waals surface area contributed by atoms with Gasteiger partial charge in [-0.1, -0.05) is 30.3 Å². The van der Waals surface area contributed by atoms with Gasteiger partial charge in [0.05, 0.1) is 0 Å². The molecule has 1 aliphatic rings. The first-order valence-electron chi connectivity index (χ1n) is 9.55. The van der Waals surface area contributed by atoms with E-state index in [0.29, 0.717) is 25.7 Å². The van der Waals surface area contributed by atoms with Crippen molar-refractivity contribution >= 4 is 6.03 Å². The van der Waals surface area contributed by atoms with Gasteiger partial charge in [-0.15, -0.1) is 0 Å². The largest absolute Gasteiger partial charge is 0.353 e. The number of piperidine rings is 1. The van der Waals surface area contributed by atoms with Crippen LogP contribution < -0.4 is 5.32 Å². The van der Waals surface area contributed by atoms with Gasteiger partial charge in [-0.05, 0) is 44.6 Å². The minimum atomic E-state index is -0.159. The minimum absolute atomic E-state index is 0.0517. The number of carbonyl (C=O) groups is 1. The summed E-state index contributed by atoms with van der Waals surface area (Å²) in [7, 11) is 0. The minimum Gasteiger partial charge on any atom is -0.353 e. The van der Waals surface area contributed by atoms with Crippen LogP contribution in [0.3, 0.4) is 0 Å². The Labute approximate surface area is 151 Å². The Bertz CT molecular complexity index is 481. The van der Waals surface area contributed by atoms with Crippen LogP contribution in [-0.4, -0.2) is 50.1 Å². The first-order chi connectivity index (χ1) is 12.2. The number of rotatable bonds is 9. The van der Waals surface area contributed by atoms with Crippen LogP contribution in [0.1, 0.15) is 51.0 Å². The molecule has 2 amide bonds. The van der Waals surface area contributed by atoms with E-state index in [4.69, 9.17) is 9.47 Å². The zero-order valence-corrected chi connectivity index (χ0v) is 15.6. The van der Waals surface area contributed by atoms with Gasteiger partial charge >= 0.3 is 6.03 Å². The molecule has 5 nitrogen and oxygen atoms in total. The van der Waals surface area contributed by atoms with E-state index < -0.39 is 0 Å². The third kappa shape index (κ3) is 6.67. The van der Waals surface area contributed by atoms with Crippen LogP contribution in [0.25, 0.3) is 0 Å². The molecule has 0 aromatic heterocycles. The van der Waals surface area contributed by atoms with Crippen molar-refractivity contribution in [1.29, 1.82) is 0 Å². The fourth-order valence-corrected chi connectivity index (χ4v) is 3.30. The van der Waals surface area contributed by atoms with Crippen molar-refractivity contribution in [3.63, 3.8) is 0 Å². The van der Waals surface area contributed by atoms with Crippen molar-refractivity contribution in [3.05, 3.63) is 35.9 Å². The summed E-state index contributed by atoms with van der Waals surface area (Å²) in [5, 5.41) is 3.02. The van der Waals surface area contributed by atoms with E-state index in [9.17, 15) is 4.79 Å². The summed E-state index contributed by atoms with van der Waals surface area (Å²) in [6, 6.07) is 10.7. The van der Waals surface area contributed by atoms with Gasteiger partial charge in [-0.3, -0.25) is 0 Å². The lowest BCUT2D eigenvalue weighted by atomic mass is 9.90. The monoisotopic (exact) mass is 348 g/mol. The number of amides is 2. The van der Waals surface area contributed by atoms with Crippen molar-refractivity contribution in [1.82, 2.24) is 10.2 Å². The highest BCUT2D eigenvalue weighted by molar-refractivity contribution is 5.74. The molecule has 1 aromatic rings. The highest BCUT2D eigenvalue weighted by Gasteiger charge is 2.23. The van der Waals surface area contributed by atoms with E-state index in [1.54, 1.807) is 0 Å². The number of benzene rings is 1. The summed E-state index contributed by atoms with van der Waals surface area (Å²) in [4.78, 5) is 14.2. The summed E-state index contributed by atoms with van der Waals surface area (Å²) in [5.41, 5.74) is 1.39. The predicted octanol–water partition coefficient (Wildman–Crippen LogP) is 3.75. The second kappa shape index (κ2) is 11.1. The van der Waals surface area contributed by atoms with Crippen molar-refractivity contribution in [2.75, 3.05) is 32.8 Å². The Morgan fingerprint density at radius 1 is 1.16 bits per heavy atom. The Kier molecular flexibility index (Phi) is 8.77. The average Bonchev–Trinajstić information content (AvgIpc) is 2.66. The quantitative estimate of drug-likeness (QED) is 0.546. The number of nitrogens with zero attached hydrogens (tertiary/aromatic N) is 1. The molecule has 2 rings (SSSR count). The molecule has 25 heavy (non-hydrogen) atoms. The molecule has 1 aromatic carbocycles. The van der Waals surface area contributed by atoms with Gasteiger partial charge in [0.15, 0.2) is 6.29 Å². The van der Waals surface area contributed by atoms with E-state index in [1.165, 1.54) is 5.56 Å². The summed E-state index contributed by atoms with van der Waals surface area (Å²) in [6.07, 6.45) is 3.57. The fraction of sp³-hybridized carbons (Fsp3) is 0.650. The van der Waals surface area contributed by atoms with Crippen LogP contribution in [0.4, 0.5) is 4.79 Å².